The Hall–Kier alpha value is -2.13. The van der Waals surface area contributed by atoms with Gasteiger partial charge in [-0.25, -0.2) is 18.4 Å². The topological polar surface area (TPSA) is 162 Å². The summed E-state index contributed by atoms with van der Waals surface area (Å²) in [5, 5.41) is 7.53. The Morgan fingerprint density at radius 1 is 0.970 bits per heavy atom. The Labute approximate surface area is 190 Å². The molecular formula is C20H26N2O10S. The standard InChI is InChI=1S/C20H26N2O10S/c1-19(2)29-13-14(30-19)16-18(32-20(3,4)31-16)28-15(13)17(24)27-9-12(23)22-10-5-7-11(8-6-10)33(21,25)26/h5-8,13-16,18H,9H2,1-4H3,(H,22,23)(H2,21,25,26)/t13-,14+,15?,16-,18-/m1/s1. The van der Waals surface area contributed by atoms with E-state index in [4.69, 9.17) is 33.6 Å². The van der Waals surface area contributed by atoms with E-state index < -0.39 is 70.8 Å². The van der Waals surface area contributed by atoms with Gasteiger partial charge in [-0.2, -0.15) is 0 Å². The monoisotopic (exact) mass is 486 g/mol. The number of esters is 1. The van der Waals surface area contributed by atoms with Crippen molar-refractivity contribution < 1.29 is 46.4 Å². The second-order valence-electron chi connectivity index (χ2n) is 8.82. The predicted octanol–water partition coefficient (Wildman–Crippen LogP) is 0.212. The number of nitrogens with two attached hydrogens (primary N) is 1. The van der Waals surface area contributed by atoms with Crippen molar-refractivity contribution in [2.75, 3.05) is 11.9 Å². The maximum absolute atomic E-state index is 12.8. The molecule has 0 aliphatic carbocycles. The van der Waals surface area contributed by atoms with Crippen molar-refractivity contribution in [3.8, 4) is 0 Å². The molecule has 3 saturated heterocycles. The van der Waals surface area contributed by atoms with E-state index in [2.05, 4.69) is 5.32 Å². The molecule has 0 radical (unpaired) electrons. The van der Waals surface area contributed by atoms with Crippen LogP contribution in [0, 0.1) is 0 Å². The largest absolute Gasteiger partial charge is 0.454 e. The third kappa shape index (κ3) is 5.19. The minimum atomic E-state index is -3.85. The van der Waals surface area contributed by atoms with E-state index in [9.17, 15) is 18.0 Å². The normalized spacial score (nSPS) is 32.0. The number of carbonyl (C=O) groups is 2. The molecule has 3 N–H and O–H groups in total. The number of anilines is 1. The summed E-state index contributed by atoms with van der Waals surface area (Å²) < 4.78 is 56.9. The maximum Gasteiger partial charge on any atom is 0.338 e. The predicted molar refractivity (Wildman–Crippen MR) is 110 cm³/mol. The number of hydrogen-bond acceptors (Lipinski definition) is 10. The number of primary sulfonamides is 1. The van der Waals surface area contributed by atoms with Gasteiger partial charge >= 0.3 is 5.97 Å². The highest BCUT2D eigenvalue weighted by Crippen LogP contribution is 2.44. The number of ether oxygens (including phenoxy) is 6. The zero-order chi connectivity index (χ0) is 24.2. The zero-order valence-electron chi connectivity index (χ0n) is 18.5. The number of nitrogens with one attached hydrogen (secondary N) is 1. The molecule has 1 unspecified atom stereocenters. The number of amides is 1. The fourth-order valence-electron chi connectivity index (χ4n) is 3.95. The number of hydrogen-bond donors (Lipinski definition) is 2. The summed E-state index contributed by atoms with van der Waals surface area (Å²) in [7, 11) is -3.85. The molecule has 3 heterocycles. The van der Waals surface area contributed by atoms with Crippen LogP contribution in [0.2, 0.25) is 0 Å². The summed E-state index contributed by atoms with van der Waals surface area (Å²) in [5.41, 5.74) is 0.299. The van der Waals surface area contributed by atoms with Crippen LogP contribution in [0.5, 0.6) is 0 Å². The first-order valence-electron chi connectivity index (χ1n) is 10.2. The fourth-order valence-corrected chi connectivity index (χ4v) is 4.46. The van der Waals surface area contributed by atoms with Gasteiger partial charge in [0.1, 0.15) is 18.3 Å². The van der Waals surface area contributed by atoms with E-state index in [0.717, 1.165) is 0 Å². The quantitative estimate of drug-likeness (QED) is 0.550. The second-order valence-corrected chi connectivity index (χ2v) is 10.4. The lowest BCUT2D eigenvalue weighted by atomic mass is 9.99. The molecule has 12 nitrogen and oxygen atoms in total. The van der Waals surface area contributed by atoms with Crippen molar-refractivity contribution in [1.29, 1.82) is 0 Å². The van der Waals surface area contributed by atoms with Crippen LogP contribution < -0.4 is 10.5 Å². The first-order valence-corrected chi connectivity index (χ1v) is 11.7. The summed E-state index contributed by atoms with van der Waals surface area (Å²) >= 11 is 0. The van der Waals surface area contributed by atoms with E-state index in [1.807, 2.05) is 0 Å². The first kappa shape index (κ1) is 24.0. The number of sulfonamides is 1. The van der Waals surface area contributed by atoms with Crippen molar-refractivity contribution in [1.82, 2.24) is 0 Å². The van der Waals surface area contributed by atoms with Gasteiger partial charge in [0.25, 0.3) is 5.91 Å². The molecule has 4 rings (SSSR count). The molecule has 13 heteroatoms. The Morgan fingerprint density at radius 3 is 2.18 bits per heavy atom. The van der Waals surface area contributed by atoms with E-state index in [1.54, 1.807) is 27.7 Å². The molecule has 3 fully saturated rings. The number of benzene rings is 1. The van der Waals surface area contributed by atoms with E-state index in [1.165, 1.54) is 24.3 Å². The molecule has 1 aromatic carbocycles. The molecule has 3 aliphatic heterocycles. The molecule has 3 aliphatic rings. The summed E-state index contributed by atoms with van der Waals surface area (Å²) in [4.78, 5) is 24.9. The summed E-state index contributed by atoms with van der Waals surface area (Å²) in [6.45, 7) is 6.25. The number of rotatable bonds is 5. The van der Waals surface area contributed by atoms with Crippen molar-refractivity contribution >= 4 is 27.6 Å². The van der Waals surface area contributed by atoms with E-state index >= 15 is 0 Å². The van der Waals surface area contributed by atoms with Crippen molar-refractivity contribution in [2.45, 2.75) is 74.9 Å². The number of carbonyl (C=O) groups excluding carboxylic acids is 2. The van der Waals surface area contributed by atoms with Gasteiger partial charge in [0.15, 0.2) is 30.6 Å². The lowest BCUT2D eigenvalue weighted by Crippen LogP contribution is -2.57. The average molecular weight is 486 g/mol. The highest BCUT2D eigenvalue weighted by molar-refractivity contribution is 7.89. The van der Waals surface area contributed by atoms with Crippen LogP contribution in [0.25, 0.3) is 0 Å². The molecule has 1 aromatic rings. The molecule has 1 amide bonds. The fraction of sp³-hybridized carbons (Fsp3) is 0.600. The van der Waals surface area contributed by atoms with Crippen molar-refractivity contribution in [3.63, 3.8) is 0 Å². The average Bonchev–Trinajstić information content (AvgIpc) is 3.19. The third-order valence-electron chi connectivity index (χ3n) is 5.20. The summed E-state index contributed by atoms with van der Waals surface area (Å²) in [6, 6.07) is 5.21. The van der Waals surface area contributed by atoms with Gasteiger partial charge in [-0.05, 0) is 52.0 Å². The molecular weight excluding hydrogens is 460 g/mol. The molecule has 0 saturated carbocycles. The first-order chi connectivity index (χ1) is 15.2. The Bertz CT molecular complexity index is 1040. The smallest absolute Gasteiger partial charge is 0.338 e. The highest BCUT2D eigenvalue weighted by atomic mass is 32.2. The third-order valence-corrected chi connectivity index (χ3v) is 6.13. The summed E-state index contributed by atoms with van der Waals surface area (Å²) in [5.74, 6) is -3.38. The van der Waals surface area contributed by atoms with Gasteiger partial charge in [-0.15, -0.1) is 0 Å². The van der Waals surface area contributed by atoms with E-state index in [0.29, 0.717) is 5.69 Å². The Kier molecular flexibility index (Phi) is 6.02. The SMILES string of the molecule is CC1(C)O[C@H]2OC(C(=O)OCC(=O)Nc3ccc(S(N)(=O)=O)cc3)[C@@H]3OC(C)(C)O[C@@H]3[C@H]2O1. The van der Waals surface area contributed by atoms with Crippen molar-refractivity contribution in [2.24, 2.45) is 5.14 Å². The van der Waals surface area contributed by atoms with Gasteiger partial charge in [-0.3, -0.25) is 4.79 Å². The van der Waals surface area contributed by atoms with Gasteiger partial charge in [0.05, 0.1) is 4.90 Å². The van der Waals surface area contributed by atoms with Crippen LogP contribution >= 0.6 is 0 Å². The van der Waals surface area contributed by atoms with Crippen LogP contribution in [0.1, 0.15) is 27.7 Å². The van der Waals surface area contributed by atoms with Gasteiger partial charge in [0.2, 0.25) is 10.0 Å². The van der Waals surface area contributed by atoms with Crippen LogP contribution in [-0.2, 0) is 48.0 Å². The Morgan fingerprint density at radius 2 is 1.55 bits per heavy atom. The van der Waals surface area contributed by atoms with Crippen LogP contribution in [0.15, 0.2) is 29.2 Å². The van der Waals surface area contributed by atoms with E-state index in [-0.39, 0.29) is 4.90 Å². The number of fused-ring (bicyclic) bond motifs is 3. The lowest BCUT2D eigenvalue weighted by Gasteiger charge is -2.35. The molecule has 0 aromatic heterocycles. The zero-order valence-corrected chi connectivity index (χ0v) is 19.3. The van der Waals surface area contributed by atoms with Gasteiger partial charge in [-0.1, -0.05) is 0 Å². The molecule has 182 valence electrons. The minimum Gasteiger partial charge on any atom is -0.454 e. The maximum atomic E-state index is 12.8. The minimum absolute atomic E-state index is 0.0998. The molecule has 33 heavy (non-hydrogen) atoms. The van der Waals surface area contributed by atoms with Crippen LogP contribution in [0.3, 0.4) is 0 Å². The summed E-state index contributed by atoms with van der Waals surface area (Å²) in [6.07, 6.45) is -4.12. The van der Waals surface area contributed by atoms with Crippen molar-refractivity contribution in [3.05, 3.63) is 24.3 Å². The molecule has 0 bridgehead atoms. The van der Waals surface area contributed by atoms with Crippen LogP contribution in [0.4, 0.5) is 5.69 Å². The molecule has 0 spiro atoms. The van der Waals surface area contributed by atoms with Gasteiger partial charge in [0, 0.05) is 5.69 Å². The highest BCUT2D eigenvalue weighted by Gasteiger charge is 2.62. The van der Waals surface area contributed by atoms with Gasteiger partial charge < -0.3 is 33.7 Å². The Balaban J connectivity index is 1.38. The lowest BCUT2D eigenvalue weighted by molar-refractivity contribution is -0.239. The van der Waals surface area contributed by atoms with Crippen LogP contribution in [-0.4, -0.2) is 69.2 Å². The second kappa shape index (κ2) is 8.27. The molecule has 5 atom stereocenters.